The average molecular weight is 292 g/mol. The molecule has 1 amide bonds. The molecular formula is C17H16N4O. The minimum Gasteiger partial charge on any atom is -0.344 e. The lowest BCUT2D eigenvalue weighted by atomic mass is 10.1. The van der Waals surface area contributed by atoms with Gasteiger partial charge in [0.25, 0.3) is 5.91 Å². The van der Waals surface area contributed by atoms with Gasteiger partial charge >= 0.3 is 0 Å². The summed E-state index contributed by atoms with van der Waals surface area (Å²) in [5, 5.41) is 13.6. The van der Waals surface area contributed by atoms with Crippen LogP contribution in [-0.4, -0.2) is 21.3 Å². The Balaban J connectivity index is 1.81. The maximum Gasteiger partial charge on any atom is 0.274 e. The summed E-state index contributed by atoms with van der Waals surface area (Å²) >= 11 is 0. The Morgan fingerprint density at radius 2 is 1.64 bits per heavy atom. The number of carbonyl (C=O) groups is 1. The van der Waals surface area contributed by atoms with Gasteiger partial charge in [0.05, 0.1) is 6.04 Å². The first-order valence-electron chi connectivity index (χ1n) is 7.07. The van der Waals surface area contributed by atoms with Crippen molar-refractivity contribution in [3.05, 3.63) is 71.9 Å². The summed E-state index contributed by atoms with van der Waals surface area (Å²) in [5.41, 5.74) is 2.75. The van der Waals surface area contributed by atoms with Crippen molar-refractivity contribution in [3.63, 3.8) is 0 Å². The van der Waals surface area contributed by atoms with Gasteiger partial charge in [-0.1, -0.05) is 60.7 Å². The summed E-state index contributed by atoms with van der Waals surface area (Å²) in [6.45, 7) is 1.94. The van der Waals surface area contributed by atoms with Crippen molar-refractivity contribution in [1.82, 2.24) is 20.7 Å². The summed E-state index contributed by atoms with van der Waals surface area (Å²) in [6, 6.07) is 19.2. The number of carbonyl (C=O) groups excluding carboxylic acids is 1. The predicted octanol–water partition coefficient (Wildman–Crippen LogP) is 2.96. The fourth-order valence-corrected chi connectivity index (χ4v) is 2.28. The van der Waals surface area contributed by atoms with E-state index in [-0.39, 0.29) is 11.9 Å². The van der Waals surface area contributed by atoms with Gasteiger partial charge in [0.15, 0.2) is 5.69 Å². The Bertz CT molecular complexity index is 753. The highest BCUT2D eigenvalue weighted by molar-refractivity contribution is 5.98. The van der Waals surface area contributed by atoms with Crippen LogP contribution in [0.2, 0.25) is 0 Å². The van der Waals surface area contributed by atoms with Crippen LogP contribution in [0.4, 0.5) is 0 Å². The van der Waals surface area contributed by atoms with E-state index in [0.29, 0.717) is 11.4 Å². The molecule has 3 rings (SSSR count). The highest BCUT2D eigenvalue weighted by Crippen LogP contribution is 2.20. The largest absolute Gasteiger partial charge is 0.344 e. The topological polar surface area (TPSA) is 70.7 Å². The van der Waals surface area contributed by atoms with Gasteiger partial charge in [-0.15, -0.1) is 0 Å². The number of hydrogen-bond donors (Lipinski definition) is 2. The molecule has 5 heteroatoms. The van der Waals surface area contributed by atoms with Crippen molar-refractivity contribution in [2.75, 3.05) is 0 Å². The Hall–Kier alpha value is -2.95. The van der Waals surface area contributed by atoms with Crippen LogP contribution < -0.4 is 5.32 Å². The number of rotatable bonds is 4. The molecule has 0 radical (unpaired) electrons. The lowest BCUT2D eigenvalue weighted by Gasteiger charge is -2.13. The number of H-pyrrole nitrogens is 1. The molecule has 22 heavy (non-hydrogen) atoms. The lowest BCUT2D eigenvalue weighted by molar-refractivity contribution is 0.0935. The minimum absolute atomic E-state index is 0.103. The minimum atomic E-state index is -0.246. The molecule has 0 bridgehead atoms. The molecule has 110 valence electrons. The van der Waals surface area contributed by atoms with Crippen LogP contribution >= 0.6 is 0 Å². The number of aromatic nitrogens is 3. The summed E-state index contributed by atoms with van der Waals surface area (Å²) in [5.74, 6) is -0.246. The summed E-state index contributed by atoms with van der Waals surface area (Å²) in [4.78, 5) is 12.5. The van der Waals surface area contributed by atoms with Crippen molar-refractivity contribution in [2.24, 2.45) is 0 Å². The summed E-state index contributed by atoms with van der Waals surface area (Å²) in [7, 11) is 0. The fourth-order valence-electron chi connectivity index (χ4n) is 2.28. The van der Waals surface area contributed by atoms with Crippen LogP contribution in [0.25, 0.3) is 11.3 Å². The molecule has 3 aromatic rings. The second-order valence-electron chi connectivity index (χ2n) is 4.99. The molecule has 0 aliphatic rings. The zero-order chi connectivity index (χ0) is 15.4. The molecular weight excluding hydrogens is 276 g/mol. The SMILES string of the molecule is C[C@H](NC(=O)c1n[nH]nc1-c1ccccc1)c1ccccc1. The third-order valence-corrected chi connectivity index (χ3v) is 3.46. The maximum atomic E-state index is 12.5. The Kier molecular flexibility index (Phi) is 3.96. The van der Waals surface area contributed by atoms with Gasteiger partial charge in [0, 0.05) is 5.56 Å². The molecule has 0 aliphatic carbocycles. The number of nitrogens with one attached hydrogen (secondary N) is 2. The van der Waals surface area contributed by atoms with E-state index in [1.165, 1.54) is 0 Å². The Morgan fingerprint density at radius 1 is 1.00 bits per heavy atom. The van der Waals surface area contributed by atoms with Crippen LogP contribution in [0.15, 0.2) is 60.7 Å². The molecule has 0 aliphatic heterocycles. The first-order chi connectivity index (χ1) is 10.8. The van der Waals surface area contributed by atoms with Gasteiger partial charge in [0.2, 0.25) is 0 Å². The highest BCUT2D eigenvalue weighted by Gasteiger charge is 2.19. The van der Waals surface area contributed by atoms with Gasteiger partial charge < -0.3 is 5.32 Å². The zero-order valence-electron chi connectivity index (χ0n) is 12.2. The molecule has 2 aromatic carbocycles. The van der Waals surface area contributed by atoms with Crippen LogP contribution in [-0.2, 0) is 0 Å². The number of hydrogen-bond acceptors (Lipinski definition) is 3. The van der Waals surface area contributed by atoms with Gasteiger partial charge in [-0.3, -0.25) is 4.79 Å². The number of amides is 1. The molecule has 0 saturated carbocycles. The van der Waals surface area contributed by atoms with E-state index in [1.54, 1.807) is 0 Å². The third-order valence-electron chi connectivity index (χ3n) is 3.46. The van der Waals surface area contributed by atoms with Gasteiger partial charge in [-0.2, -0.15) is 15.4 Å². The van der Waals surface area contributed by atoms with Crippen molar-refractivity contribution in [3.8, 4) is 11.3 Å². The monoisotopic (exact) mass is 292 g/mol. The van der Waals surface area contributed by atoms with E-state index in [1.807, 2.05) is 67.6 Å². The second kappa shape index (κ2) is 6.22. The summed E-state index contributed by atoms with van der Waals surface area (Å²) in [6.07, 6.45) is 0. The predicted molar refractivity (Wildman–Crippen MR) is 84.1 cm³/mol. The van der Waals surface area contributed by atoms with Crippen LogP contribution in [0.5, 0.6) is 0 Å². The van der Waals surface area contributed by atoms with E-state index in [2.05, 4.69) is 20.7 Å². The molecule has 1 aromatic heterocycles. The molecule has 2 N–H and O–H groups in total. The lowest BCUT2D eigenvalue weighted by Crippen LogP contribution is -2.27. The first-order valence-corrected chi connectivity index (χ1v) is 7.07. The molecule has 5 nitrogen and oxygen atoms in total. The van der Waals surface area contributed by atoms with Crippen LogP contribution in [0.3, 0.4) is 0 Å². The highest BCUT2D eigenvalue weighted by atomic mass is 16.2. The molecule has 0 fully saturated rings. The average Bonchev–Trinajstić information content (AvgIpc) is 3.06. The van der Waals surface area contributed by atoms with E-state index in [4.69, 9.17) is 0 Å². The smallest absolute Gasteiger partial charge is 0.274 e. The van der Waals surface area contributed by atoms with Gasteiger partial charge in [-0.25, -0.2) is 0 Å². The van der Waals surface area contributed by atoms with Gasteiger partial charge in [-0.05, 0) is 12.5 Å². The maximum absolute atomic E-state index is 12.5. The third kappa shape index (κ3) is 2.88. The first kappa shape index (κ1) is 14.0. The number of aromatic amines is 1. The van der Waals surface area contributed by atoms with E-state index in [0.717, 1.165) is 11.1 Å². The van der Waals surface area contributed by atoms with E-state index < -0.39 is 0 Å². The standard InChI is InChI=1S/C17H16N4O/c1-12(13-8-4-2-5-9-13)18-17(22)16-15(19-21-20-16)14-10-6-3-7-11-14/h2-12H,1H3,(H,18,22)(H,19,20,21)/t12-/m0/s1. The Labute approximate surface area is 128 Å². The van der Waals surface area contributed by atoms with Crippen molar-refractivity contribution < 1.29 is 4.79 Å². The van der Waals surface area contributed by atoms with Crippen molar-refractivity contribution in [1.29, 1.82) is 0 Å². The molecule has 0 spiro atoms. The zero-order valence-corrected chi connectivity index (χ0v) is 12.2. The van der Waals surface area contributed by atoms with Crippen LogP contribution in [0, 0.1) is 0 Å². The molecule has 0 saturated heterocycles. The van der Waals surface area contributed by atoms with E-state index in [9.17, 15) is 4.79 Å². The summed E-state index contributed by atoms with van der Waals surface area (Å²) < 4.78 is 0. The molecule has 0 unspecified atom stereocenters. The van der Waals surface area contributed by atoms with Gasteiger partial charge in [0.1, 0.15) is 5.69 Å². The van der Waals surface area contributed by atoms with Crippen LogP contribution in [0.1, 0.15) is 29.0 Å². The molecule has 1 atom stereocenters. The van der Waals surface area contributed by atoms with Crippen molar-refractivity contribution >= 4 is 5.91 Å². The molecule has 1 heterocycles. The normalized spacial score (nSPS) is 11.9. The number of nitrogens with zero attached hydrogens (tertiary/aromatic N) is 2. The Morgan fingerprint density at radius 3 is 2.32 bits per heavy atom. The van der Waals surface area contributed by atoms with E-state index >= 15 is 0 Å². The quantitative estimate of drug-likeness (QED) is 0.776. The fraction of sp³-hybridized carbons (Fsp3) is 0.118. The van der Waals surface area contributed by atoms with Crippen molar-refractivity contribution in [2.45, 2.75) is 13.0 Å². The second-order valence-corrected chi connectivity index (χ2v) is 4.99. The number of benzene rings is 2.